The molecule has 0 unspecified atom stereocenters. The Kier molecular flexibility index (Phi) is 4.46. The second-order valence-corrected chi connectivity index (χ2v) is 7.68. The molecule has 142 valence electrons. The van der Waals surface area contributed by atoms with Crippen LogP contribution in [0.25, 0.3) is 21.1 Å². The number of fused-ring (bicyclic) bond motifs is 2. The zero-order valence-electron chi connectivity index (χ0n) is 15.4. The molecule has 0 aliphatic carbocycles. The quantitative estimate of drug-likeness (QED) is 0.404. The molecule has 5 rings (SSSR count). The summed E-state index contributed by atoms with van der Waals surface area (Å²) in [6.07, 6.45) is 0. The van der Waals surface area contributed by atoms with Gasteiger partial charge in [-0.05, 0) is 35.9 Å². The number of rotatable bonds is 5. The Morgan fingerprint density at radius 2 is 1.83 bits per heavy atom. The van der Waals surface area contributed by atoms with Gasteiger partial charge >= 0.3 is 0 Å². The second-order valence-electron chi connectivity index (χ2n) is 6.65. The van der Waals surface area contributed by atoms with Crippen LogP contribution in [0, 0.1) is 0 Å². The first-order valence-corrected chi connectivity index (χ1v) is 10.0. The first kappa shape index (κ1) is 17.5. The van der Waals surface area contributed by atoms with E-state index in [4.69, 9.17) is 4.74 Å². The van der Waals surface area contributed by atoms with Crippen molar-refractivity contribution in [1.82, 2.24) is 9.97 Å². The molecule has 2 N–H and O–H groups in total. The molecule has 0 bridgehead atoms. The highest BCUT2D eigenvalue weighted by atomic mass is 32.1. The lowest BCUT2D eigenvalue weighted by molar-refractivity contribution is 0.102. The average Bonchev–Trinajstić information content (AvgIpc) is 3.36. The fraction of sp³-hybridized carbons (Fsp3) is 0.0435. The smallest absolute Gasteiger partial charge is 0.273 e. The molecule has 0 aliphatic heterocycles. The minimum Gasteiger partial charge on any atom is -0.489 e. The Labute approximate surface area is 171 Å². The molecule has 0 aliphatic rings. The van der Waals surface area contributed by atoms with Crippen molar-refractivity contribution >= 4 is 43.5 Å². The summed E-state index contributed by atoms with van der Waals surface area (Å²) in [5.41, 5.74) is 3.32. The predicted octanol–water partition coefficient (Wildman–Crippen LogP) is 5.61. The molecular weight excluding hydrogens is 382 g/mol. The molecule has 0 saturated carbocycles. The van der Waals surface area contributed by atoms with E-state index in [1.807, 2.05) is 78.9 Å². The number of carbonyl (C=O) groups is 1. The predicted molar refractivity (Wildman–Crippen MR) is 117 cm³/mol. The molecule has 0 fully saturated rings. The molecule has 6 heteroatoms. The number of aromatic nitrogens is 2. The SMILES string of the molecule is O=C(Nc1nc2ccccc2s1)c1cc2ccc(OCc3ccccc3)cc2[nH]1. The van der Waals surface area contributed by atoms with Crippen LogP contribution in [0.1, 0.15) is 16.1 Å². The summed E-state index contributed by atoms with van der Waals surface area (Å²) in [5, 5.41) is 4.41. The lowest BCUT2D eigenvalue weighted by Gasteiger charge is -2.06. The Morgan fingerprint density at radius 1 is 1.00 bits per heavy atom. The maximum Gasteiger partial charge on any atom is 0.273 e. The van der Waals surface area contributed by atoms with Crippen LogP contribution in [0.15, 0.2) is 78.9 Å². The van der Waals surface area contributed by atoms with Gasteiger partial charge < -0.3 is 9.72 Å². The van der Waals surface area contributed by atoms with Gasteiger partial charge in [-0.3, -0.25) is 10.1 Å². The number of amides is 1. The number of benzene rings is 3. The maximum atomic E-state index is 12.6. The number of para-hydroxylation sites is 1. The summed E-state index contributed by atoms with van der Waals surface area (Å²) >= 11 is 1.46. The first-order valence-electron chi connectivity index (χ1n) is 9.21. The van der Waals surface area contributed by atoms with Crippen LogP contribution in [-0.2, 0) is 6.61 Å². The van der Waals surface area contributed by atoms with Gasteiger partial charge in [-0.25, -0.2) is 4.98 Å². The van der Waals surface area contributed by atoms with E-state index in [9.17, 15) is 4.79 Å². The highest BCUT2D eigenvalue weighted by molar-refractivity contribution is 7.22. The number of aromatic amines is 1. The number of nitrogens with zero attached hydrogens (tertiary/aromatic N) is 1. The number of thiazole rings is 1. The van der Waals surface area contributed by atoms with Crippen molar-refractivity contribution in [3.05, 3.63) is 90.1 Å². The van der Waals surface area contributed by atoms with Gasteiger partial charge in [-0.2, -0.15) is 0 Å². The monoisotopic (exact) mass is 399 g/mol. The molecule has 1 amide bonds. The van der Waals surface area contributed by atoms with Crippen molar-refractivity contribution in [2.45, 2.75) is 6.61 Å². The normalized spacial score (nSPS) is 11.0. The number of ether oxygens (including phenoxy) is 1. The standard InChI is InChI=1S/C23H17N3O2S/c27-22(26-23-25-18-8-4-5-9-21(18)29-23)20-12-16-10-11-17(13-19(16)24-20)28-14-15-6-2-1-3-7-15/h1-13,24H,14H2,(H,25,26,27). The molecule has 0 atom stereocenters. The van der Waals surface area contributed by atoms with Crippen molar-refractivity contribution < 1.29 is 9.53 Å². The summed E-state index contributed by atoms with van der Waals surface area (Å²) in [4.78, 5) is 20.3. The lowest BCUT2D eigenvalue weighted by atomic mass is 10.2. The highest BCUT2D eigenvalue weighted by Crippen LogP contribution is 2.27. The minimum atomic E-state index is -0.216. The largest absolute Gasteiger partial charge is 0.489 e. The van der Waals surface area contributed by atoms with E-state index in [-0.39, 0.29) is 5.91 Å². The van der Waals surface area contributed by atoms with E-state index in [1.54, 1.807) is 0 Å². The van der Waals surface area contributed by atoms with Crippen molar-refractivity contribution in [3.8, 4) is 5.75 Å². The molecule has 0 saturated heterocycles. The summed E-state index contributed by atoms with van der Waals surface area (Å²) in [6.45, 7) is 0.498. The lowest BCUT2D eigenvalue weighted by Crippen LogP contribution is -2.11. The Hall–Kier alpha value is -3.64. The van der Waals surface area contributed by atoms with Crippen LogP contribution < -0.4 is 10.1 Å². The molecule has 5 aromatic rings. The van der Waals surface area contributed by atoms with E-state index in [2.05, 4.69) is 15.3 Å². The number of hydrogen-bond donors (Lipinski definition) is 2. The van der Waals surface area contributed by atoms with Gasteiger partial charge in [0, 0.05) is 17.0 Å². The number of carbonyl (C=O) groups excluding carboxylic acids is 1. The number of nitrogens with one attached hydrogen (secondary N) is 2. The third kappa shape index (κ3) is 3.70. The van der Waals surface area contributed by atoms with Crippen molar-refractivity contribution in [2.24, 2.45) is 0 Å². The second kappa shape index (κ2) is 7.41. The fourth-order valence-corrected chi connectivity index (χ4v) is 4.01. The van der Waals surface area contributed by atoms with E-state index >= 15 is 0 Å². The Morgan fingerprint density at radius 3 is 2.69 bits per heavy atom. The van der Waals surface area contributed by atoms with Crippen LogP contribution in [-0.4, -0.2) is 15.9 Å². The minimum absolute atomic E-state index is 0.216. The molecule has 2 heterocycles. The third-order valence-electron chi connectivity index (χ3n) is 4.60. The van der Waals surface area contributed by atoms with E-state index < -0.39 is 0 Å². The van der Waals surface area contributed by atoms with Gasteiger partial charge in [0.25, 0.3) is 5.91 Å². The number of H-pyrrole nitrogens is 1. The van der Waals surface area contributed by atoms with Crippen molar-refractivity contribution in [3.63, 3.8) is 0 Å². The molecular formula is C23H17N3O2S. The van der Waals surface area contributed by atoms with Crippen LogP contribution in [0.3, 0.4) is 0 Å². The van der Waals surface area contributed by atoms with Gasteiger partial charge in [0.05, 0.1) is 10.2 Å². The Bertz CT molecular complexity index is 1270. The molecule has 29 heavy (non-hydrogen) atoms. The maximum absolute atomic E-state index is 12.6. The average molecular weight is 399 g/mol. The number of anilines is 1. The van der Waals surface area contributed by atoms with E-state index in [1.165, 1.54) is 11.3 Å². The van der Waals surface area contributed by atoms with Gasteiger partial charge in [-0.1, -0.05) is 53.8 Å². The van der Waals surface area contributed by atoms with E-state index in [0.717, 1.165) is 32.4 Å². The molecule has 5 nitrogen and oxygen atoms in total. The zero-order valence-corrected chi connectivity index (χ0v) is 16.2. The molecule has 3 aromatic carbocycles. The highest BCUT2D eigenvalue weighted by Gasteiger charge is 2.13. The van der Waals surface area contributed by atoms with Gasteiger partial charge in [0.15, 0.2) is 5.13 Å². The topological polar surface area (TPSA) is 67.0 Å². The third-order valence-corrected chi connectivity index (χ3v) is 5.55. The summed E-state index contributed by atoms with van der Waals surface area (Å²) in [7, 11) is 0. The Balaban J connectivity index is 1.33. The summed E-state index contributed by atoms with van der Waals surface area (Å²) < 4.78 is 6.91. The van der Waals surface area contributed by atoms with Crippen LogP contribution in [0.5, 0.6) is 5.75 Å². The van der Waals surface area contributed by atoms with Gasteiger partial charge in [0.1, 0.15) is 18.1 Å². The molecule has 2 aromatic heterocycles. The zero-order chi connectivity index (χ0) is 19.6. The van der Waals surface area contributed by atoms with Crippen LogP contribution in [0.4, 0.5) is 5.13 Å². The van der Waals surface area contributed by atoms with Gasteiger partial charge in [0.2, 0.25) is 0 Å². The number of hydrogen-bond acceptors (Lipinski definition) is 4. The summed E-state index contributed by atoms with van der Waals surface area (Å²) in [6, 6.07) is 25.4. The first-order chi connectivity index (χ1) is 14.2. The van der Waals surface area contributed by atoms with Crippen LogP contribution >= 0.6 is 11.3 Å². The summed E-state index contributed by atoms with van der Waals surface area (Å²) in [5.74, 6) is 0.536. The van der Waals surface area contributed by atoms with Crippen molar-refractivity contribution in [1.29, 1.82) is 0 Å². The molecule has 0 radical (unpaired) electrons. The molecule has 0 spiro atoms. The van der Waals surface area contributed by atoms with Crippen LogP contribution in [0.2, 0.25) is 0 Å². The van der Waals surface area contributed by atoms with E-state index in [0.29, 0.717) is 17.4 Å². The van der Waals surface area contributed by atoms with Gasteiger partial charge in [-0.15, -0.1) is 0 Å². The fourth-order valence-electron chi connectivity index (χ4n) is 3.15. The van der Waals surface area contributed by atoms with Crippen molar-refractivity contribution in [2.75, 3.05) is 5.32 Å².